The van der Waals surface area contributed by atoms with Crippen LogP contribution in [0.4, 0.5) is 0 Å². The quantitative estimate of drug-likeness (QED) is 0.145. The number of rotatable bonds is 10. The lowest BCUT2D eigenvalue weighted by atomic mass is 9.32. The van der Waals surface area contributed by atoms with Crippen molar-refractivity contribution in [1.29, 1.82) is 0 Å². The Kier molecular flexibility index (Phi) is 10.1. The fourth-order valence-corrected chi connectivity index (χ4v) is 13.6. The summed E-state index contributed by atoms with van der Waals surface area (Å²) in [4.78, 5) is 14.5. The van der Waals surface area contributed by atoms with Crippen LogP contribution >= 0.6 is 0 Å². The van der Waals surface area contributed by atoms with E-state index in [0.29, 0.717) is 54.2 Å². The van der Waals surface area contributed by atoms with Crippen molar-refractivity contribution in [2.75, 3.05) is 6.54 Å². The topological polar surface area (TPSA) is 143 Å². The van der Waals surface area contributed by atoms with Gasteiger partial charge in [0.15, 0.2) is 0 Å². The SMILES string of the molecule is CCCC1(C(=O)NCCc2cccc(-c3nnc(Cc4cccc(-c5nn[nH]n5)c4)o3)c2)CC[C@]2(C)C(CCC3C4(C)CCC(O)C(C)(C)C4CCC32C)C1C. The van der Waals surface area contributed by atoms with Crippen LogP contribution in [0.15, 0.2) is 52.9 Å². The van der Waals surface area contributed by atoms with Gasteiger partial charge in [0.2, 0.25) is 23.5 Å². The van der Waals surface area contributed by atoms with E-state index in [-0.39, 0.29) is 39.1 Å². The number of aromatic amines is 1. The Balaban J connectivity index is 0.924. The van der Waals surface area contributed by atoms with E-state index in [1.165, 1.54) is 25.7 Å². The third-order valence-corrected chi connectivity index (χ3v) is 16.9. The minimum atomic E-state index is -0.340. The molecule has 3 N–H and O–H groups in total. The lowest BCUT2D eigenvalue weighted by molar-refractivity contribution is -0.246. The molecule has 8 unspecified atom stereocenters. The lowest BCUT2D eigenvalue weighted by Crippen LogP contribution is -2.67. The standard InChI is InChI=1S/C46H63N7O3/c1-8-20-46(24-23-44(6)34(29(46)2)15-16-36-43(5)21-18-37(54)42(3,4)35(43)17-22-45(36,44)7)41(55)47-25-19-30-11-9-14-33(26-30)40-51-48-38(56-40)28-31-12-10-13-32(27-31)39-49-52-53-50-39/h9-14,26-27,29,34-37,54H,8,15-25,28H2,1-7H3,(H,47,55)(H,49,50,52,53)/t29?,34?,35?,36?,37?,43?,44-,45?,46?/m1/s1. The second kappa shape index (κ2) is 14.5. The summed E-state index contributed by atoms with van der Waals surface area (Å²) in [6.45, 7) is 17.8. The van der Waals surface area contributed by atoms with Crippen LogP contribution in [-0.2, 0) is 17.6 Å². The lowest BCUT2D eigenvalue weighted by Gasteiger charge is -2.72. The molecule has 4 saturated carbocycles. The monoisotopic (exact) mass is 761 g/mol. The highest BCUT2D eigenvalue weighted by Gasteiger charge is 2.69. The second-order valence-electron chi connectivity index (χ2n) is 19.6. The zero-order valence-electron chi connectivity index (χ0n) is 34.7. The number of aliphatic hydroxyl groups excluding tert-OH is 1. The van der Waals surface area contributed by atoms with Gasteiger partial charge in [0, 0.05) is 17.7 Å². The van der Waals surface area contributed by atoms with Crippen LogP contribution in [0.5, 0.6) is 0 Å². The molecule has 10 nitrogen and oxygen atoms in total. The molecule has 1 amide bonds. The zero-order valence-corrected chi connectivity index (χ0v) is 34.7. The Bertz CT molecular complexity index is 2030. The predicted molar refractivity (Wildman–Crippen MR) is 217 cm³/mol. The molecule has 2 aromatic carbocycles. The van der Waals surface area contributed by atoms with Crippen molar-refractivity contribution in [3.63, 3.8) is 0 Å². The number of tetrazole rings is 1. The number of amides is 1. The summed E-state index contributed by atoms with van der Waals surface area (Å²) >= 11 is 0. The maximum Gasteiger partial charge on any atom is 0.247 e. The van der Waals surface area contributed by atoms with Crippen LogP contribution in [0.3, 0.4) is 0 Å². The number of H-pyrrole nitrogens is 1. The third kappa shape index (κ3) is 6.24. The van der Waals surface area contributed by atoms with Gasteiger partial charge >= 0.3 is 0 Å². The smallest absolute Gasteiger partial charge is 0.247 e. The summed E-state index contributed by atoms with van der Waals surface area (Å²) in [6, 6.07) is 16.1. The first-order valence-corrected chi connectivity index (χ1v) is 21.5. The molecule has 4 aromatic rings. The number of fused-ring (bicyclic) bond motifs is 5. The van der Waals surface area contributed by atoms with Gasteiger partial charge in [-0.2, -0.15) is 5.21 Å². The average molecular weight is 762 g/mol. The molecule has 2 heterocycles. The van der Waals surface area contributed by atoms with Crippen LogP contribution in [-0.4, -0.2) is 54.5 Å². The van der Waals surface area contributed by atoms with E-state index in [1.54, 1.807) is 0 Å². The molecular formula is C46H63N7O3. The van der Waals surface area contributed by atoms with Crippen LogP contribution in [0, 0.1) is 50.7 Å². The molecule has 4 aliphatic rings. The highest BCUT2D eigenvalue weighted by Crippen LogP contribution is 2.75. The van der Waals surface area contributed by atoms with E-state index in [1.807, 2.05) is 36.4 Å². The molecule has 0 spiro atoms. The van der Waals surface area contributed by atoms with Crippen molar-refractivity contribution < 1.29 is 14.3 Å². The Morgan fingerprint density at radius 2 is 1.64 bits per heavy atom. The molecule has 4 fully saturated rings. The number of nitrogens with one attached hydrogen (secondary N) is 2. The summed E-state index contributed by atoms with van der Waals surface area (Å²) in [5, 5.41) is 37.6. The van der Waals surface area contributed by atoms with Gasteiger partial charge in [-0.3, -0.25) is 4.79 Å². The second-order valence-corrected chi connectivity index (χ2v) is 19.6. The first kappa shape index (κ1) is 38.9. The summed E-state index contributed by atoms with van der Waals surface area (Å²) < 4.78 is 6.12. The number of benzene rings is 2. The fourth-order valence-electron chi connectivity index (χ4n) is 13.6. The summed E-state index contributed by atoms with van der Waals surface area (Å²) in [5.41, 5.74) is 4.20. The van der Waals surface area contributed by atoms with Gasteiger partial charge in [-0.25, -0.2) is 0 Å². The molecule has 9 atom stereocenters. The van der Waals surface area contributed by atoms with E-state index in [2.05, 4.69) is 96.7 Å². The number of carbonyl (C=O) groups is 1. The van der Waals surface area contributed by atoms with Crippen molar-refractivity contribution in [3.8, 4) is 22.8 Å². The van der Waals surface area contributed by atoms with Gasteiger partial charge in [0.1, 0.15) is 0 Å². The number of nitrogens with zero attached hydrogens (tertiary/aromatic N) is 5. The highest BCUT2D eigenvalue weighted by atomic mass is 16.4. The minimum absolute atomic E-state index is 0.0374. The average Bonchev–Trinajstić information content (AvgIpc) is 3.89. The maximum absolute atomic E-state index is 14.5. The maximum atomic E-state index is 14.5. The highest BCUT2D eigenvalue weighted by molar-refractivity contribution is 5.83. The molecule has 0 aliphatic heterocycles. The first-order valence-electron chi connectivity index (χ1n) is 21.5. The van der Waals surface area contributed by atoms with Gasteiger partial charge in [-0.15, -0.1) is 20.4 Å². The summed E-state index contributed by atoms with van der Waals surface area (Å²) in [5.74, 6) is 3.89. The van der Waals surface area contributed by atoms with Crippen molar-refractivity contribution in [1.82, 2.24) is 36.1 Å². The van der Waals surface area contributed by atoms with E-state index in [0.717, 1.165) is 67.2 Å². The molecule has 0 bridgehead atoms. The van der Waals surface area contributed by atoms with Crippen molar-refractivity contribution >= 4 is 5.91 Å². The molecule has 300 valence electrons. The number of carbonyl (C=O) groups excluding carboxylic acids is 1. The van der Waals surface area contributed by atoms with E-state index in [9.17, 15) is 9.90 Å². The predicted octanol–water partition coefficient (Wildman–Crippen LogP) is 9.02. The molecular weight excluding hydrogens is 699 g/mol. The number of hydrogen-bond donors (Lipinski definition) is 3. The van der Waals surface area contributed by atoms with Crippen LogP contribution in [0.1, 0.15) is 130 Å². The Hall–Kier alpha value is -3.92. The molecule has 2 aromatic heterocycles. The van der Waals surface area contributed by atoms with Gasteiger partial charge < -0.3 is 14.8 Å². The van der Waals surface area contributed by atoms with Gasteiger partial charge in [-0.1, -0.05) is 85.2 Å². The van der Waals surface area contributed by atoms with Crippen molar-refractivity contribution in [3.05, 3.63) is 65.5 Å². The van der Waals surface area contributed by atoms with Crippen LogP contribution in [0.2, 0.25) is 0 Å². The van der Waals surface area contributed by atoms with Crippen LogP contribution in [0.25, 0.3) is 22.8 Å². The summed E-state index contributed by atoms with van der Waals surface area (Å²) in [7, 11) is 0. The third-order valence-electron chi connectivity index (χ3n) is 16.9. The van der Waals surface area contributed by atoms with Crippen molar-refractivity contribution in [2.45, 2.75) is 132 Å². The zero-order chi connectivity index (χ0) is 39.5. The number of hydrogen-bond acceptors (Lipinski definition) is 8. The largest absolute Gasteiger partial charge is 0.420 e. The van der Waals surface area contributed by atoms with E-state index in [4.69, 9.17) is 4.42 Å². The molecule has 56 heavy (non-hydrogen) atoms. The van der Waals surface area contributed by atoms with Gasteiger partial charge in [0.05, 0.1) is 17.9 Å². The first-order chi connectivity index (χ1) is 26.7. The number of aromatic nitrogens is 6. The molecule has 8 rings (SSSR count). The van der Waals surface area contributed by atoms with E-state index >= 15 is 0 Å². The molecule has 4 aliphatic carbocycles. The van der Waals surface area contributed by atoms with Gasteiger partial charge in [-0.05, 0) is 144 Å². The minimum Gasteiger partial charge on any atom is -0.420 e. The Labute approximate surface area is 332 Å². The molecule has 10 heteroatoms. The summed E-state index contributed by atoms with van der Waals surface area (Å²) in [6.07, 6.45) is 12.0. The molecule has 0 saturated heterocycles. The van der Waals surface area contributed by atoms with E-state index < -0.39 is 0 Å². The normalized spacial score (nSPS) is 34.9. The Morgan fingerprint density at radius 1 is 0.875 bits per heavy atom. The molecule has 0 radical (unpaired) electrons. The Morgan fingerprint density at radius 3 is 2.41 bits per heavy atom. The van der Waals surface area contributed by atoms with Crippen LogP contribution < -0.4 is 5.32 Å². The van der Waals surface area contributed by atoms with Crippen molar-refractivity contribution in [2.24, 2.45) is 50.7 Å². The fraction of sp³-hybridized carbons (Fsp3) is 0.652. The van der Waals surface area contributed by atoms with Gasteiger partial charge in [0.25, 0.3) is 0 Å². The number of aliphatic hydroxyl groups is 1.